The van der Waals surface area contributed by atoms with Crippen LogP contribution in [0.5, 0.6) is 0 Å². The summed E-state index contributed by atoms with van der Waals surface area (Å²) in [6, 6.07) is 14.0. The highest BCUT2D eigenvalue weighted by Gasteiger charge is 2.10. The zero-order valence-electron chi connectivity index (χ0n) is 12.0. The molecule has 0 unspecified atom stereocenters. The van der Waals surface area contributed by atoms with E-state index < -0.39 is 0 Å². The molecular weight excluding hydrogens is 260 g/mol. The molecule has 1 aromatic heterocycles. The molecule has 0 bridgehead atoms. The molecule has 4 heteroatoms. The molecule has 0 aliphatic heterocycles. The molecule has 0 saturated carbocycles. The van der Waals surface area contributed by atoms with Crippen LogP contribution in [0.4, 0.5) is 5.69 Å². The third kappa shape index (κ3) is 3.60. The topological polar surface area (TPSA) is 63.3 Å². The Balaban J connectivity index is 1.65. The molecule has 4 nitrogen and oxygen atoms in total. The van der Waals surface area contributed by atoms with Crippen molar-refractivity contribution in [1.82, 2.24) is 4.98 Å². The summed E-state index contributed by atoms with van der Waals surface area (Å²) in [5.41, 5.74) is 10.5. The summed E-state index contributed by atoms with van der Waals surface area (Å²) < 4.78 is 0. The van der Waals surface area contributed by atoms with E-state index in [1.54, 1.807) is 0 Å². The van der Waals surface area contributed by atoms with E-state index in [0.717, 1.165) is 24.2 Å². The number of rotatable bonds is 3. The van der Waals surface area contributed by atoms with Crippen LogP contribution in [0.1, 0.15) is 29.8 Å². The molecule has 0 saturated heterocycles. The first-order chi connectivity index (χ1) is 10.3. The van der Waals surface area contributed by atoms with Gasteiger partial charge in [-0.25, -0.2) is 4.99 Å². The zero-order valence-corrected chi connectivity index (χ0v) is 12.0. The molecule has 1 aliphatic rings. The number of benzene rings is 1. The van der Waals surface area contributed by atoms with Gasteiger partial charge < -0.3 is 11.1 Å². The van der Waals surface area contributed by atoms with Crippen molar-refractivity contribution < 1.29 is 0 Å². The van der Waals surface area contributed by atoms with Gasteiger partial charge in [-0.05, 0) is 49.4 Å². The van der Waals surface area contributed by atoms with Crippen LogP contribution in [0.15, 0.2) is 47.5 Å². The molecule has 3 rings (SSSR count). The third-order valence-electron chi connectivity index (χ3n) is 3.69. The molecule has 108 valence electrons. The van der Waals surface area contributed by atoms with E-state index in [9.17, 15) is 0 Å². The van der Waals surface area contributed by atoms with E-state index in [0.29, 0.717) is 12.5 Å². The summed E-state index contributed by atoms with van der Waals surface area (Å²) in [5, 5.41) is 3.07. The number of aliphatic imine (C=N–C) groups is 1. The van der Waals surface area contributed by atoms with E-state index in [4.69, 9.17) is 10.7 Å². The SMILES string of the molecule is NC(=NCc1ccc2c(n1)CCCC2)Nc1ccccc1. The summed E-state index contributed by atoms with van der Waals surface area (Å²) in [7, 11) is 0. The number of nitrogens with one attached hydrogen (secondary N) is 1. The lowest BCUT2D eigenvalue weighted by atomic mass is 9.96. The average molecular weight is 280 g/mol. The van der Waals surface area contributed by atoms with Crippen LogP contribution in [0.3, 0.4) is 0 Å². The largest absolute Gasteiger partial charge is 0.370 e. The summed E-state index contributed by atoms with van der Waals surface area (Å²) in [6.07, 6.45) is 4.76. The highest BCUT2D eigenvalue weighted by molar-refractivity contribution is 5.92. The van der Waals surface area contributed by atoms with E-state index in [-0.39, 0.29) is 0 Å². The molecule has 21 heavy (non-hydrogen) atoms. The molecule has 0 spiro atoms. The summed E-state index contributed by atoms with van der Waals surface area (Å²) in [6.45, 7) is 0.513. The van der Waals surface area contributed by atoms with Gasteiger partial charge in [-0.1, -0.05) is 24.3 Å². The predicted octanol–water partition coefficient (Wildman–Crippen LogP) is 2.89. The van der Waals surface area contributed by atoms with Gasteiger partial charge >= 0.3 is 0 Å². The predicted molar refractivity (Wildman–Crippen MR) is 86.3 cm³/mol. The number of aryl methyl sites for hydroxylation is 2. The number of hydrogen-bond donors (Lipinski definition) is 2. The minimum atomic E-state index is 0.417. The van der Waals surface area contributed by atoms with Crippen LogP contribution < -0.4 is 11.1 Å². The first-order valence-electron chi connectivity index (χ1n) is 7.41. The van der Waals surface area contributed by atoms with Crippen molar-refractivity contribution >= 4 is 11.6 Å². The number of pyridine rings is 1. The molecule has 2 aromatic rings. The Morgan fingerprint density at radius 1 is 1.10 bits per heavy atom. The maximum Gasteiger partial charge on any atom is 0.193 e. The second kappa shape index (κ2) is 6.39. The van der Waals surface area contributed by atoms with Gasteiger partial charge in [0, 0.05) is 11.4 Å². The van der Waals surface area contributed by atoms with E-state index in [1.165, 1.54) is 24.1 Å². The van der Waals surface area contributed by atoms with Crippen molar-refractivity contribution in [2.75, 3.05) is 5.32 Å². The van der Waals surface area contributed by atoms with E-state index in [2.05, 4.69) is 22.4 Å². The Morgan fingerprint density at radius 2 is 1.90 bits per heavy atom. The summed E-state index contributed by atoms with van der Waals surface area (Å²) in [5.74, 6) is 0.417. The number of hydrogen-bond acceptors (Lipinski definition) is 2. The number of anilines is 1. The lowest BCUT2D eigenvalue weighted by molar-refractivity contribution is 0.663. The van der Waals surface area contributed by atoms with Crippen LogP contribution in [-0.2, 0) is 19.4 Å². The molecule has 3 N–H and O–H groups in total. The van der Waals surface area contributed by atoms with Crippen LogP contribution >= 0.6 is 0 Å². The van der Waals surface area contributed by atoms with Crippen molar-refractivity contribution in [1.29, 1.82) is 0 Å². The third-order valence-corrected chi connectivity index (χ3v) is 3.69. The van der Waals surface area contributed by atoms with E-state index in [1.807, 2.05) is 30.3 Å². The molecule has 0 atom stereocenters. The Kier molecular flexibility index (Phi) is 4.15. The maximum atomic E-state index is 5.90. The Morgan fingerprint density at radius 3 is 2.76 bits per heavy atom. The fourth-order valence-electron chi connectivity index (χ4n) is 2.59. The minimum absolute atomic E-state index is 0.417. The van der Waals surface area contributed by atoms with Crippen molar-refractivity contribution in [2.24, 2.45) is 10.7 Å². The van der Waals surface area contributed by atoms with Crippen LogP contribution in [0.25, 0.3) is 0 Å². The molecule has 0 fully saturated rings. The van der Waals surface area contributed by atoms with Gasteiger partial charge in [0.1, 0.15) is 0 Å². The number of fused-ring (bicyclic) bond motifs is 1. The summed E-state index contributed by atoms with van der Waals surface area (Å²) in [4.78, 5) is 9.06. The minimum Gasteiger partial charge on any atom is -0.370 e. The van der Waals surface area contributed by atoms with Crippen molar-refractivity contribution in [3.8, 4) is 0 Å². The first-order valence-corrected chi connectivity index (χ1v) is 7.41. The lowest BCUT2D eigenvalue weighted by Gasteiger charge is -2.15. The average Bonchev–Trinajstić information content (AvgIpc) is 2.54. The molecule has 1 heterocycles. The fourth-order valence-corrected chi connectivity index (χ4v) is 2.59. The summed E-state index contributed by atoms with van der Waals surface area (Å²) >= 11 is 0. The molecular formula is C17H20N4. The quantitative estimate of drug-likeness (QED) is 0.671. The van der Waals surface area contributed by atoms with Gasteiger partial charge in [0.25, 0.3) is 0 Å². The smallest absolute Gasteiger partial charge is 0.193 e. The van der Waals surface area contributed by atoms with Gasteiger partial charge in [0.15, 0.2) is 5.96 Å². The van der Waals surface area contributed by atoms with Crippen LogP contribution in [0, 0.1) is 0 Å². The van der Waals surface area contributed by atoms with Crippen LogP contribution in [0.2, 0.25) is 0 Å². The number of nitrogens with two attached hydrogens (primary N) is 1. The van der Waals surface area contributed by atoms with Gasteiger partial charge in [0.05, 0.1) is 12.2 Å². The van der Waals surface area contributed by atoms with Gasteiger partial charge in [0.2, 0.25) is 0 Å². The van der Waals surface area contributed by atoms with Crippen molar-refractivity contribution in [3.63, 3.8) is 0 Å². The van der Waals surface area contributed by atoms with Crippen molar-refractivity contribution in [3.05, 3.63) is 59.4 Å². The number of guanidine groups is 1. The lowest BCUT2D eigenvalue weighted by Crippen LogP contribution is -2.22. The highest BCUT2D eigenvalue weighted by Crippen LogP contribution is 2.19. The number of nitrogens with zero attached hydrogens (tertiary/aromatic N) is 2. The normalized spacial score (nSPS) is 14.6. The van der Waals surface area contributed by atoms with Gasteiger partial charge in [-0.2, -0.15) is 0 Å². The number of aromatic nitrogens is 1. The number of para-hydroxylation sites is 1. The molecule has 0 radical (unpaired) electrons. The van der Waals surface area contributed by atoms with Gasteiger partial charge in [-0.15, -0.1) is 0 Å². The maximum absolute atomic E-state index is 5.90. The second-order valence-corrected chi connectivity index (χ2v) is 5.31. The van der Waals surface area contributed by atoms with Gasteiger partial charge in [-0.3, -0.25) is 4.98 Å². The Labute approximate surface area is 125 Å². The highest BCUT2D eigenvalue weighted by atomic mass is 15.1. The second-order valence-electron chi connectivity index (χ2n) is 5.31. The molecule has 1 aliphatic carbocycles. The zero-order chi connectivity index (χ0) is 14.5. The molecule has 1 aromatic carbocycles. The van der Waals surface area contributed by atoms with Crippen molar-refractivity contribution in [2.45, 2.75) is 32.2 Å². The van der Waals surface area contributed by atoms with E-state index >= 15 is 0 Å². The van der Waals surface area contributed by atoms with Crippen LogP contribution in [-0.4, -0.2) is 10.9 Å². The Bertz CT molecular complexity index is 634. The standard InChI is InChI=1S/C17H20N4/c18-17(21-14-7-2-1-3-8-14)19-12-15-11-10-13-6-4-5-9-16(13)20-15/h1-3,7-8,10-11H,4-6,9,12H2,(H3,18,19,21). The fraction of sp³-hybridized carbons (Fsp3) is 0.294. The Hall–Kier alpha value is -2.36. The molecule has 0 amide bonds. The first kappa shape index (κ1) is 13.6. The monoisotopic (exact) mass is 280 g/mol.